The molecule has 0 amide bonds. The van der Waals surface area contributed by atoms with E-state index in [9.17, 15) is 0 Å². The van der Waals surface area contributed by atoms with Gasteiger partial charge in [0.15, 0.2) is 11.2 Å². The average Bonchev–Trinajstić information content (AvgIpc) is 2.65. The van der Waals surface area contributed by atoms with Gasteiger partial charge in [0.1, 0.15) is 0 Å². The van der Waals surface area contributed by atoms with Crippen molar-refractivity contribution in [2.45, 2.75) is 99.0 Å². The largest absolute Gasteiger partial charge is 0.209 e. The van der Waals surface area contributed by atoms with E-state index in [-0.39, 0.29) is 11.0 Å². The third-order valence-electron chi connectivity index (χ3n) is 7.16. The van der Waals surface area contributed by atoms with Crippen LogP contribution in [-0.2, 0) is 5.54 Å². The van der Waals surface area contributed by atoms with Crippen molar-refractivity contribution in [2.24, 2.45) is 5.41 Å². The van der Waals surface area contributed by atoms with E-state index in [1.807, 2.05) is 0 Å². The Hall–Kier alpha value is -1.37. The molecule has 0 aromatic carbocycles. The van der Waals surface area contributed by atoms with Crippen molar-refractivity contribution in [1.82, 2.24) is 0 Å². The Bertz CT molecular complexity index is 675. The maximum Gasteiger partial charge on any atom is 0.209 e. The van der Waals surface area contributed by atoms with Crippen molar-refractivity contribution >= 4 is 5.57 Å². The summed E-state index contributed by atoms with van der Waals surface area (Å²) in [4.78, 5) is 0. The lowest BCUT2D eigenvalue weighted by molar-refractivity contribution is -0.788. The molecule has 0 aliphatic carbocycles. The summed E-state index contributed by atoms with van der Waals surface area (Å²) in [5.41, 5.74) is 6.12. The molecule has 0 N–H and O–H groups in total. The lowest BCUT2D eigenvalue weighted by Crippen LogP contribution is -2.69. The average molecular weight is 355 g/mol. The lowest BCUT2D eigenvalue weighted by atomic mass is 9.58. The standard InChI is InChI=1S/C25H40N/c1-8-12-13-14-15-18-22-21(6)23-19-16-17-20(5)26(23)25(10-3,11-4)24(22,7)9-2/h15-19H,8-14H2,1-7H3/q+1. The Balaban J connectivity index is 2.66. The van der Waals surface area contributed by atoms with Gasteiger partial charge in [-0.15, -0.1) is 0 Å². The first-order valence-corrected chi connectivity index (χ1v) is 10.8. The number of hydrogen-bond donors (Lipinski definition) is 0. The van der Waals surface area contributed by atoms with Gasteiger partial charge in [-0.05, 0) is 44.7 Å². The number of fused-ring (bicyclic) bond motifs is 1. The van der Waals surface area contributed by atoms with Gasteiger partial charge in [-0.2, -0.15) is 4.57 Å². The zero-order valence-corrected chi connectivity index (χ0v) is 18.3. The van der Waals surface area contributed by atoms with Gasteiger partial charge >= 0.3 is 0 Å². The Kier molecular flexibility index (Phi) is 6.88. The first-order valence-electron chi connectivity index (χ1n) is 10.8. The number of pyridine rings is 1. The smallest absolute Gasteiger partial charge is 0.190 e. The highest BCUT2D eigenvalue weighted by molar-refractivity contribution is 5.68. The number of allylic oxidation sites excluding steroid dienone is 4. The van der Waals surface area contributed by atoms with Crippen LogP contribution < -0.4 is 4.57 Å². The van der Waals surface area contributed by atoms with Crippen LogP contribution in [-0.4, -0.2) is 0 Å². The number of aromatic nitrogens is 1. The minimum absolute atomic E-state index is 0.144. The van der Waals surface area contributed by atoms with E-state index in [1.54, 1.807) is 5.57 Å². The van der Waals surface area contributed by atoms with Crippen molar-refractivity contribution < 1.29 is 4.57 Å². The molecule has 0 bridgehead atoms. The van der Waals surface area contributed by atoms with Gasteiger partial charge in [-0.25, -0.2) is 0 Å². The van der Waals surface area contributed by atoms with E-state index in [4.69, 9.17) is 0 Å². The van der Waals surface area contributed by atoms with Gasteiger partial charge in [-0.1, -0.05) is 52.7 Å². The minimum atomic E-state index is 0.144. The molecule has 1 unspecified atom stereocenters. The molecule has 2 heterocycles. The zero-order chi connectivity index (χ0) is 19.4. The second kappa shape index (κ2) is 8.55. The highest BCUT2D eigenvalue weighted by Gasteiger charge is 2.58. The molecule has 1 heteroatoms. The molecule has 0 saturated carbocycles. The molecular formula is C25H40N+. The van der Waals surface area contributed by atoms with Crippen LogP contribution >= 0.6 is 0 Å². The van der Waals surface area contributed by atoms with Crippen molar-refractivity contribution in [3.63, 3.8) is 0 Å². The first kappa shape index (κ1) is 20.9. The van der Waals surface area contributed by atoms with E-state index in [2.05, 4.69) is 83.4 Å². The summed E-state index contributed by atoms with van der Waals surface area (Å²) in [5, 5.41) is 0. The van der Waals surface area contributed by atoms with E-state index in [1.165, 1.54) is 49.1 Å². The van der Waals surface area contributed by atoms with Crippen LogP contribution in [0.1, 0.15) is 97.9 Å². The fourth-order valence-corrected chi connectivity index (χ4v) is 5.42. The van der Waals surface area contributed by atoms with Crippen molar-refractivity contribution in [3.05, 3.63) is 47.3 Å². The Morgan fingerprint density at radius 2 is 1.65 bits per heavy atom. The van der Waals surface area contributed by atoms with Crippen LogP contribution in [0.4, 0.5) is 0 Å². The Morgan fingerprint density at radius 3 is 2.23 bits per heavy atom. The third kappa shape index (κ3) is 3.19. The molecule has 1 nitrogen and oxygen atoms in total. The minimum Gasteiger partial charge on any atom is -0.190 e. The van der Waals surface area contributed by atoms with E-state index in [0.29, 0.717) is 0 Å². The molecule has 0 spiro atoms. The molecule has 1 aromatic heterocycles. The molecule has 0 radical (unpaired) electrons. The maximum atomic E-state index is 2.67. The van der Waals surface area contributed by atoms with Gasteiger partial charge < -0.3 is 0 Å². The van der Waals surface area contributed by atoms with Crippen molar-refractivity contribution in [3.8, 4) is 0 Å². The summed E-state index contributed by atoms with van der Waals surface area (Å²) in [5.74, 6) is 0. The van der Waals surface area contributed by atoms with E-state index >= 15 is 0 Å². The van der Waals surface area contributed by atoms with Crippen LogP contribution in [0.2, 0.25) is 0 Å². The van der Waals surface area contributed by atoms with Crippen LogP contribution in [0, 0.1) is 12.3 Å². The number of nitrogens with zero attached hydrogens (tertiary/aromatic N) is 1. The molecule has 1 atom stereocenters. The highest BCUT2D eigenvalue weighted by atomic mass is 15.1. The second-order valence-corrected chi connectivity index (χ2v) is 8.25. The normalized spacial score (nSPS) is 22.1. The predicted octanol–water partition coefficient (Wildman–Crippen LogP) is 7.14. The first-order chi connectivity index (χ1) is 12.4. The van der Waals surface area contributed by atoms with Crippen LogP contribution in [0.25, 0.3) is 5.57 Å². The third-order valence-corrected chi connectivity index (χ3v) is 7.16. The topological polar surface area (TPSA) is 3.88 Å². The van der Waals surface area contributed by atoms with Crippen molar-refractivity contribution in [2.75, 3.05) is 0 Å². The van der Waals surface area contributed by atoms with E-state index < -0.39 is 0 Å². The molecule has 1 aromatic rings. The number of rotatable bonds is 8. The monoisotopic (exact) mass is 354 g/mol. The summed E-state index contributed by atoms with van der Waals surface area (Å²) in [6, 6.07) is 6.82. The van der Waals surface area contributed by atoms with Crippen LogP contribution in [0.5, 0.6) is 0 Å². The summed E-state index contributed by atoms with van der Waals surface area (Å²) >= 11 is 0. The molecule has 1 aliphatic heterocycles. The summed E-state index contributed by atoms with van der Waals surface area (Å²) < 4.78 is 2.67. The summed E-state index contributed by atoms with van der Waals surface area (Å²) in [6.07, 6.45) is 13.5. The van der Waals surface area contributed by atoms with Gasteiger partial charge in [0.2, 0.25) is 5.69 Å². The SMILES string of the molecule is CCCCCC=CC1=C(C)c2cccc(C)[n+]2C(CC)(CC)C1(C)CC. The number of hydrogen-bond acceptors (Lipinski definition) is 0. The summed E-state index contributed by atoms with van der Waals surface area (Å²) in [6.45, 7) is 16.5. The fraction of sp³-hybridized carbons (Fsp3) is 0.640. The maximum absolute atomic E-state index is 2.67. The van der Waals surface area contributed by atoms with Gasteiger partial charge in [0.05, 0.1) is 5.41 Å². The molecule has 0 saturated heterocycles. The lowest BCUT2D eigenvalue weighted by Gasteiger charge is -2.48. The molecular weight excluding hydrogens is 314 g/mol. The molecule has 26 heavy (non-hydrogen) atoms. The zero-order valence-electron chi connectivity index (χ0n) is 18.3. The fourth-order valence-electron chi connectivity index (χ4n) is 5.42. The van der Waals surface area contributed by atoms with Crippen molar-refractivity contribution in [1.29, 1.82) is 0 Å². The Morgan fingerprint density at radius 1 is 0.962 bits per heavy atom. The van der Waals surface area contributed by atoms with Crippen LogP contribution in [0.3, 0.4) is 0 Å². The molecule has 0 fully saturated rings. The Labute approximate surface area is 162 Å². The van der Waals surface area contributed by atoms with E-state index in [0.717, 1.165) is 12.8 Å². The quantitative estimate of drug-likeness (QED) is 0.345. The second-order valence-electron chi connectivity index (χ2n) is 8.25. The van der Waals surface area contributed by atoms with Gasteiger partial charge in [-0.3, -0.25) is 0 Å². The van der Waals surface area contributed by atoms with Gasteiger partial charge in [0, 0.05) is 37.5 Å². The number of aryl methyl sites for hydroxylation is 1. The predicted molar refractivity (Wildman–Crippen MR) is 114 cm³/mol. The molecule has 2 rings (SSSR count). The number of unbranched alkanes of at least 4 members (excludes halogenated alkanes) is 3. The van der Waals surface area contributed by atoms with Gasteiger partial charge in [0.25, 0.3) is 0 Å². The molecule has 1 aliphatic rings. The van der Waals surface area contributed by atoms with Crippen LogP contribution in [0.15, 0.2) is 35.9 Å². The molecule has 144 valence electrons. The summed E-state index contributed by atoms with van der Waals surface area (Å²) in [7, 11) is 0. The highest BCUT2D eigenvalue weighted by Crippen LogP contribution is 2.53.